The number of carbonyl (C=O) groups is 2. The quantitative estimate of drug-likeness (QED) is 0.645. The van der Waals surface area contributed by atoms with Gasteiger partial charge in [0.2, 0.25) is 5.91 Å². The van der Waals surface area contributed by atoms with Crippen molar-refractivity contribution in [3.8, 4) is 0 Å². The maximum absolute atomic E-state index is 12.3. The zero-order chi connectivity index (χ0) is 15.4. The summed E-state index contributed by atoms with van der Waals surface area (Å²) in [5.74, 6) is 0.667. The minimum absolute atomic E-state index is 0.0717. The summed E-state index contributed by atoms with van der Waals surface area (Å²) < 4.78 is 0. The zero-order valence-corrected chi connectivity index (χ0v) is 12.4. The monoisotopic (exact) mass is 307 g/mol. The van der Waals surface area contributed by atoms with Crippen molar-refractivity contribution in [2.24, 2.45) is 5.92 Å². The Kier molecular flexibility index (Phi) is 4.50. The van der Waals surface area contributed by atoms with Crippen molar-refractivity contribution in [1.82, 2.24) is 36.2 Å². The zero-order valence-electron chi connectivity index (χ0n) is 12.4. The van der Waals surface area contributed by atoms with Crippen LogP contribution in [-0.2, 0) is 11.2 Å². The van der Waals surface area contributed by atoms with Gasteiger partial charge < -0.3 is 15.5 Å². The number of urea groups is 1. The number of nitrogens with zero attached hydrogens (tertiary/aromatic N) is 4. The summed E-state index contributed by atoms with van der Waals surface area (Å²) in [6.45, 7) is 1.67. The highest BCUT2D eigenvalue weighted by atomic mass is 16.2. The summed E-state index contributed by atoms with van der Waals surface area (Å²) in [5, 5.41) is 19.6. The average Bonchev–Trinajstić information content (AvgIpc) is 2.87. The number of aryl methyl sites for hydroxylation is 1. The van der Waals surface area contributed by atoms with Gasteiger partial charge in [0, 0.05) is 32.1 Å². The Morgan fingerprint density at radius 1 is 1.36 bits per heavy atom. The lowest BCUT2D eigenvalue weighted by molar-refractivity contribution is -0.124. The van der Waals surface area contributed by atoms with Crippen LogP contribution in [0, 0.1) is 5.92 Å². The number of nitrogens with one attached hydrogen (secondary N) is 3. The van der Waals surface area contributed by atoms with Crippen LogP contribution >= 0.6 is 0 Å². The van der Waals surface area contributed by atoms with E-state index in [-0.39, 0.29) is 23.9 Å². The Morgan fingerprint density at radius 3 is 3.09 bits per heavy atom. The number of tetrazole rings is 1. The van der Waals surface area contributed by atoms with Gasteiger partial charge in [0.1, 0.15) is 0 Å². The molecule has 3 N–H and O–H groups in total. The predicted molar refractivity (Wildman–Crippen MR) is 76.7 cm³/mol. The second-order valence-electron chi connectivity index (χ2n) is 5.90. The lowest BCUT2D eigenvalue weighted by Gasteiger charge is -2.27. The van der Waals surface area contributed by atoms with E-state index < -0.39 is 0 Å². The van der Waals surface area contributed by atoms with Gasteiger partial charge in [0.15, 0.2) is 5.82 Å². The van der Waals surface area contributed by atoms with E-state index in [9.17, 15) is 9.59 Å². The van der Waals surface area contributed by atoms with Gasteiger partial charge in [-0.05, 0) is 19.3 Å². The molecule has 2 fully saturated rings. The van der Waals surface area contributed by atoms with Gasteiger partial charge in [-0.1, -0.05) is 11.6 Å². The van der Waals surface area contributed by atoms with Crippen molar-refractivity contribution in [1.29, 1.82) is 0 Å². The Labute approximate surface area is 128 Å². The molecule has 3 rings (SSSR count). The van der Waals surface area contributed by atoms with Crippen LogP contribution in [0.5, 0.6) is 0 Å². The number of hydrogen-bond acceptors (Lipinski definition) is 5. The summed E-state index contributed by atoms with van der Waals surface area (Å²) in [5.41, 5.74) is 0. The number of aromatic amines is 1. The topological polar surface area (TPSA) is 116 Å². The number of fused-ring (bicyclic) bond motifs is 3. The number of likely N-dealkylation sites (tertiary alicyclic amines) is 1. The lowest BCUT2D eigenvalue weighted by Crippen LogP contribution is -2.46. The summed E-state index contributed by atoms with van der Waals surface area (Å²) >= 11 is 0. The van der Waals surface area contributed by atoms with Crippen LogP contribution in [-0.4, -0.2) is 63.1 Å². The fourth-order valence-corrected chi connectivity index (χ4v) is 3.06. The van der Waals surface area contributed by atoms with E-state index in [0.717, 1.165) is 25.7 Å². The summed E-state index contributed by atoms with van der Waals surface area (Å²) in [4.78, 5) is 26.0. The Balaban J connectivity index is 1.46. The van der Waals surface area contributed by atoms with Crippen molar-refractivity contribution in [3.05, 3.63) is 5.82 Å². The molecule has 0 aromatic carbocycles. The molecule has 120 valence electrons. The second kappa shape index (κ2) is 6.71. The molecule has 0 unspecified atom stereocenters. The highest BCUT2D eigenvalue weighted by molar-refractivity contribution is 5.82. The van der Waals surface area contributed by atoms with E-state index >= 15 is 0 Å². The molecule has 9 nitrogen and oxygen atoms in total. The first-order chi connectivity index (χ1) is 10.7. The minimum atomic E-state index is -0.0958. The molecule has 2 saturated heterocycles. The third kappa shape index (κ3) is 3.52. The van der Waals surface area contributed by atoms with E-state index in [1.807, 2.05) is 0 Å². The number of amides is 3. The smallest absolute Gasteiger partial charge is 0.317 e. The third-order valence-electron chi connectivity index (χ3n) is 4.23. The summed E-state index contributed by atoms with van der Waals surface area (Å²) in [6.07, 6.45) is 4.28. The van der Waals surface area contributed by atoms with Crippen molar-refractivity contribution >= 4 is 11.9 Å². The van der Waals surface area contributed by atoms with Crippen molar-refractivity contribution < 1.29 is 9.59 Å². The van der Waals surface area contributed by atoms with Crippen LogP contribution in [0.1, 0.15) is 31.5 Å². The van der Waals surface area contributed by atoms with Crippen LogP contribution in [0.3, 0.4) is 0 Å². The Morgan fingerprint density at radius 2 is 2.27 bits per heavy atom. The van der Waals surface area contributed by atoms with Gasteiger partial charge in [0.05, 0.1) is 5.92 Å². The third-order valence-corrected chi connectivity index (χ3v) is 4.23. The number of rotatable bonds is 4. The first-order valence-electron chi connectivity index (χ1n) is 7.78. The average molecular weight is 307 g/mol. The van der Waals surface area contributed by atoms with E-state index in [1.165, 1.54) is 0 Å². The number of H-pyrrole nitrogens is 1. The molecular formula is C13H21N7O2. The molecule has 2 bridgehead atoms. The molecule has 1 aromatic heterocycles. The minimum Gasteiger partial charge on any atom is -0.351 e. The van der Waals surface area contributed by atoms with E-state index in [2.05, 4.69) is 31.3 Å². The van der Waals surface area contributed by atoms with Crippen LogP contribution < -0.4 is 10.6 Å². The molecule has 22 heavy (non-hydrogen) atoms. The molecule has 2 aliphatic heterocycles. The van der Waals surface area contributed by atoms with Crippen molar-refractivity contribution in [3.63, 3.8) is 0 Å². The van der Waals surface area contributed by atoms with E-state index in [1.54, 1.807) is 4.90 Å². The normalized spacial score (nSPS) is 24.5. The lowest BCUT2D eigenvalue weighted by atomic mass is 9.99. The van der Waals surface area contributed by atoms with Crippen molar-refractivity contribution in [2.75, 3.05) is 19.6 Å². The fraction of sp³-hybridized carbons (Fsp3) is 0.769. The molecule has 1 aromatic rings. The molecule has 2 atom stereocenters. The van der Waals surface area contributed by atoms with Gasteiger partial charge in [-0.2, -0.15) is 5.21 Å². The number of aromatic nitrogens is 4. The molecule has 0 aliphatic carbocycles. The first kappa shape index (κ1) is 14.7. The van der Waals surface area contributed by atoms with Crippen LogP contribution in [0.4, 0.5) is 4.79 Å². The molecule has 2 aliphatic rings. The predicted octanol–water partition coefficient (Wildman–Crippen LogP) is -0.558. The van der Waals surface area contributed by atoms with Crippen LogP contribution in [0.15, 0.2) is 0 Å². The SMILES string of the molecule is O=C1N[C@H]2CCC[C@@H]1CN(C(=O)NCCCc1nn[nH]n1)C2. The highest BCUT2D eigenvalue weighted by Crippen LogP contribution is 2.21. The number of hydrogen-bond donors (Lipinski definition) is 3. The molecule has 3 heterocycles. The highest BCUT2D eigenvalue weighted by Gasteiger charge is 2.34. The molecule has 0 radical (unpaired) electrons. The molecule has 0 saturated carbocycles. The van der Waals surface area contributed by atoms with Gasteiger partial charge >= 0.3 is 6.03 Å². The molecule has 0 spiro atoms. The first-order valence-corrected chi connectivity index (χ1v) is 7.78. The molecular weight excluding hydrogens is 286 g/mol. The Bertz CT molecular complexity index is 518. The molecule has 9 heteroatoms. The van der Waals surface area contributed by atoms with Gasteiger partial charge in [0.25, 0.3) is 0 Å². The number of carbonyl (C=O) groups excluding carboxylic acids is 2. The maximum atomic E-state index is 12.3. The molecule has 3 amide bonds. The van der Waals surface area contributed by atoms with Gasteiger partial charge in [-0.3, -0.25) is 4.79 Å². The van der Waals surface area contributed by atoms with Crippen molar-refractivity contribution in [2.45, 2.75) is 38.1 Å². The van der Waals surface area contributed by atoms with Gasteiger partial charge in [-0.15, -0.1) is 10.2 Å². The van der Waals surface area contributed by atoms with Crippen LogP contribution in [0.25, 0.3) is 0 Å². The second-order valence-corrected chi connectivity index (χ2v) is 5.90. The standard InChI is InChI=1S/C13H21N7O2/c21-12-9-3-1-4-10(15-12)8-20(7-9)13(22)14-6-2-5-11-16-18-19-17-11/h9-10H,1-8H2,(H,14,22)(H,15,21)(H,16,17,18,19)/t9-,10+/m1/s1. The van der Waals surface area contributed by atoms with Crippen LogP contribution in [0.2, 0.25) is 0 Å². The van der Waals surface area contributed by atoms with E-state index in [4.69, 9.17) is 0 Å². The summed E-state index contributed by atoms with van der Waals surface area (Å²) in [7, 11) is 0. The van der Waals surface area contributed by atoms with Gasteiger partial charge in [-0.25, -0.2) is 4.79 Å². The Hall–Kier alpha value is -2.19. The largest absolute Gasteiger partial charge is 0.351 e. The summed E-state index contributed by atoms with van der Waals surface area (Å²) in [6, 6.07) is -0.00778. The fourth-order valence-electron chi connectivity index (χ4n) is 3.06. The van der Waals surface area contributed by atoms with E-state index in [0.29, 0.717) is 31.9 Å². The maximum Gasteiger partial charge on any atom is 0.317 e.